The molecule has 0 unspecified atom stereocenters. The fraction of sp³-hybridized carbons (Fsp3) is 0. The summed E-state index contributed by atoms with van der Waals surface area (Å²) >= 11 is 0. The Kier molecular flexibility index (Phi) is 8.66. The van der Waals surface area contributed by atoms with Crippen LogP contribution in [0.3, 0.4) is 0 Å². The van der Waals surface area contributed by atoms with Gasteiger partial charge in [-0.15, -0.1) is 11.4 Å². The number of rotatable bonds is 0. The third kappa shape index (κ3) is 3.85. The van der Waals surface area contributed by atoms with E-state index in [4.69, 9.17) is 0 Å². The first kappa shape index (κ1) is 10.1. The molecule has 7 heavy (non-hydrogen) atoms. The number of thiol groups is 1. The number of hydrogen-bond donors (Lipinski definition) is 1. The van der Waals surface area contributed by atoms with E-state index in [1.54, 1.807) is 0 Å². The van der Waals surface area contributed by atoms with Crippen LogP contribution in [0, 0.1) is 6.20 Å². The minimum atomic E-state index is 0. The normalized spacial score (nSPS) is 5.71. The molecule has 0 aliphatic rings. The molecule has 0 fully saturated rings. The molecule has 1 rings (SSSR count). The molecule has 0 aromatic carbocycles. The summed E-state index contributed by atoms with van der Waals surface area (Å²) in [6.07, 6.45) is 3.97. The molecule has 1 heterocycles. The molecule has 3 nitrogen and oxygen atoms in total. The summed E-state index contributed by atoms with van der Waals surface area (Å²) in [6, 6.07) is 0. The molecular weight excluding hydrogens is 162 g/mol. The largest absolute Gasteiger partial charge is 2.00 e. The minimum absolute atomic E-state index is 0. The van der Waals surface area contributed by atoms with Crippen LogP contribution in [0.4, 0.5) is 0 Å². The monoisotopic (exact) mass is 164 g/mol. The molecule has 1 N–H and O–H groups in total. The van der Waals surface area contributed by atoms with Gasteiger partial charge in [0.05, 0.1) is 0 Å². The van der Waals surface area contributed by atoms with Crippen molar-refractivity contribution < 1.29 is 17.1 Å². The van der Waals surface area contributed by atoms with Gasteiger partial charge in [0.2, 0.25) is 0 Å². The van der Waals surface area contributed by atoms with Gasteiger partial charge in [-0.1, -0.05) is 0 Å². The number of aromatic nitrogens is 3. The van der Waals surface area contributed by atoms with Crippen molar-refractivity contribution in [2.75, 3.05) is 0 Å². The Bertz CT molecular complexity index is 69.4. The van der Waals surface area contributed by atoms with E-state index in [1.165, 1.54) is 6.20 Å². The van der Waals surface area contributed by atoms with Crippen molar-refractivity contribution in [1.29, 1.82) is 0 Å². The third-order valence-corrected chi connectivity index (χ3v) is 0.295. The number of nitrogens with one attached hydrogen (secondary N) is 1. The number of H-pyrrole nitrogens is 1. The van der Waals surface area contributed by atoms with Crippen molar-refractivity contribution >= 4 is 13.5 Å². The molecule has 0 atom stereocenters. The van der Waals surface area contributed by atoms with Gasteiger partial charge in [0.25, 0.3) is 0 Å². The molecule has 0 spiro atoms. The zero-order valence-electron chi connectivity index (χ0n) is 3.22. The Labute approximate surface area is 58.8 Å². The summed E-state index contributed by atoms with van der Waals surface area (Å²) < 4.78 is 0. The summed E-state index contributed by atoms with van der Waals surface area (Å²) in [7, 11) is 0. The van der Waals surface area contributed by atoms with Gasteiger partial charge in [-0.3, -0.25) is 0 Å². The first-order valence-corrected chi connectivity index (χ1v) is 1.22. The molecule has 1 aromatic heterocycles. The SMILES string of the molecule is [Cu+2].[SH-].[c-]1c[nH]nn1. The molecule has 43 valence electrons. The minimum Gasteiger partial charge on any atom is -0.813 e. The molecule has 5 heteroatoms. The number of nitrogens with zero attached hydrogens (tertiary/aromatic N) is 2. The van der Waals surface area contributed by atoms with Crippen molar-refractivity contribution in [2.45, 2.75) is 0 Å². The van der Waals surface area contributed by atoms with Crippen molar-refractivity contribution in [3.63, 3.8) is 0 Å². The molecule has 1 aromatic rings. The zero-order valence-corrected chi connectivity index (χ0v) is 5.06. The van der Waals surface area contributed by atoms with Crippen molar-refractivity contribution in [2.24, 2.45) is 0 Å². The van der Waals surface area contributed by atoms with E-state index >= 15 is 0 Å². The molecule has 0 aliphatic heterocycles. The van der Waals surface area contributed by atoms with E-state index in [0.29, 0.717) is 0 Å². The van der Waals surface area contributed by atoms with Gasteiger partial charge in [0, 0.05) is 0 Å². The van der Waals surface area contributed by atoms with Crippen LogP contribution in [0.2, 0.25) is 0 Å². The van der Waals surface area contributed by atoms with E-state index in [1.807, 2.05) is 0 Å². The Morgan fingerprint density at radius 2 is 2.29 bits per heavy atom. The average molecular weight is 165 g/mol. The maximum absolute atomic E-state index is 3.29. The summed E-state index contributed by atoms with van der Waals surface area (Å²) in [5.41, 5.74) is 0. The van der Waals surface area contributed by atoms with E-state index in [2.05, 4.69) is 21.6 Å². The molecule has 1 radical (unpaired) electrons. The van der Waals surface area contributed by atoms with Crippen LogP contribution in [0.5, 0.6) is 0 Å². The zero-order chi connectivity index (χ0) is 3.54. The van der Waals surface area contributed by atoms with Crippen molar-refractivity contribution in [1.82, 2.24) is 15.4 Å². The van der Waals surface area contributed by atoms with Crippen LogP contribution >= 0.6 is 0 Å². The molecule has 0 aliphatic carbocycles. The van der Waals surface area contributed by atoms with Crippen LogP contribution in [0.25, 0.3) is 0 Å². The maximum atomic E-state index is 3.29. The third-order valence-electron chi connectivity index (χ3n) is 0.295. The van der Waals surface area contributed by atoms with Gasteiger partial charge >= 0.3 is 17.1 Å². The van der Waals surface area contributed by atoms with E-state index in [0.717, 1.165) is 0 Å². The fourth-order valence-electron chi connectivity index (χ4n) is 0.144. The first-order valence-electron chi connectivity index (χ1n) is 1.22. The van der Waals surface area contributed by atoms with Gasteiger partial charge in [0.15, 0.2) is 0 Å². The van der Waals surface area contributed by atoms with Gasteiger partial charge < -0.3 is 29.9 Å². The Balaban J connectivity index is 0. The molecule has 0 saturated heterocycles. The average Bonchev–Trinajstić information content (AvgIpc) is 1.76. The molecule has 0 bridgehead atoms. The molecular formula is C2H3CuN3S. The van der Waals surface area contributed by atoms with Crippen molar-refractivity contribution in [3.05, 3.63) is 12.4 Å². The Morgan fingerprint density at radius 3 is 2.43 bits per heavy atom. The van der Waals surface area contributed by atoms with E-state index < -0.39 is 0 Å². The van der Waals surface area contributed by atoms with Gasteiger partial charge in [-0.25, -0.2) is 0 Å². The second-order valence-corrected chi connectivity index (χ2v) is 0.603. The van der Waals surface area contributed by atoms with Gasteiger partial charge in [-0.2, -0.15) is 0 Å². The van der Waals surface area contributed by atoms with E-state index in [-0.39, 0.29) is 30.6 Å². The standard InChI is InChI=1S/C2H2N3.Cu.H2S/c1-2-4-5-3-1;;/h1H,(H,3,4,5);;1H2/q-1;+2;/p-1. The summed E-state index contributed by atoms with van der Waals surface area (Å²) in [5, 5.41) is 9.03. The fourth-order valence-corrected chi connectivity index (χ4v) is 0.144. The number of aromatic amines is 1. The number of hydrogen-bond acceptors (Lipinski definition) is 3. The second-order valence-electron chi connectivity index (χ2n) is 0.603. The van der Waals surface area contributed by atoms with Crippen LogP contribution in [0.15, 0.2) is 6.20 Å². The summed E-state index contributed by atoms with van der Waals surface area (Å²) in [5.74, 6) is 0. The smallest absolute Gasteiger partial charge is 0.813 e. The van der Waals surface area contributed by atoms with Crippen LogP contribution < -0.4 is 0 Å². The van der Waals surface area contributed by atoms with E-state index in [9.17, 15) is 0 Å². The topological polar surface area (TPSA) is 41.6 Å². The van der Waals surface area contributed by atoms with Gasteiger partial charge in [-0.05, 0) is 0 Å². The van der Waals surface area contributed by atoms with Crippen molar-refractivity contribution in [3.8, 4) is 0 Å². The Hall–Kier alpha value is 0.00948. The second kappa shape index (κ2) is 6.01. The summed E-state index contributed by atoms with van der Waals surface area (Å²) in [6.45, 7) is 0. The predicted octanol–water partition coefficient (Wildman–Crippen LogP) is -0.668. The van der Waals surface area contributed by atoms with Crippen LogP contribution in [0.1, 0.15) is 0 Å². The predicted molar refractivity (Wildman–Crippen MR) is 24.0 cm³/mol. The first-order chi connectivity index (χ1) is 2.50. The summed E-state index contributed by atoms with van der Waals surface area (Å²) in [4.78, 5) is 0. The Morgan fingerprint density at radius 1 is 1.57 bits per heavy atom. The quantitative estimate of drug-likeness (QED) is 0.240. The molecule has 0 saturated carbocycles. The maximum Gasteiger partial charge on any atom is 2.00 e. The van der Waals surface area contributed by atoms with Gasteiger partial charge in [0.1, 0.15) is 0 Å². The van der Waals surface area contributed by atoms with Crippen LogP contribution in [-0.4, -0.2) is 15.4 Å². The molecule has 0 amide bonds. The van der Waals surface area contributed by atoms with Crippen LogP contribution in [-0.2, 0) is 30.6 Å².